The van der Waals surface area contributed by atoms with E-state index in [1.807, 2.05) is 0 Å². The second kappa shape index (κ2) is 5.20. The van der Waals surface area contributed by atoms with Crippen molar-refractivity contribution in [3.63, 3.8) is 0 Å². The van der Waals surface area contributed by atoms with Gasteiger partial charge in [-0.3, -0.25) is 9.69 Å². The Morgan fingerprint density at radius 1 is 1.38 bits per heavy atom. The van der Waals surface area contributed by atoms with Gasteiger partial charge in [0.25, 0.3) is 0 Å². The van der Waals surface area contributed by atoms with Crippen molar-refractivity contribution < 1.29 is 23.2 Å². The lowest BCUT2D eigenvalue weighted by Crippen LogP contribution is -2.36. The summed E-state index contributed by atoms with van der Waals surface area (Å²) in [6.07, 6.45) is 1.21. The van der Waals surface area contributed by atoms with Crippen molar-refractivity contribution in [2.45, 2.75) is 25.0 Å². The second-order valence-electron chi connectivity index (χ2n) is 6.64. The fourth-order valence-electron chi connectivity index (χ4n) is 4.07. The molecule has 0 unspecified atom stereocenters. The van der Waals surface area contributed by atoms with Crippen LogP contribution < -0.4 is 15.1 Å². The SMILES string of the molecule is CN1C(=O)Cc2c3c(cc(F)c21)N1C(=O)O[C@@H](CNc2ccon2)[C@@H]1C3. The zero-order chi connectivity index (χ0) is 18.0. The first-order chi connectivity index (χ1) is 12.5. The van der Waals surface area contributed by atoms with Crippen LogP contribution in [-0.2, 0) is 22.4 Å². The molecular formula is C17H15FN4O4. The number of amides is 2. The van der Waals surface area contributed by atoms with E-state index in [4.69, 9.17) is 9.26 Å². The van der Waals surface area contributed by atoms with Crippen molar-refractivity contribution in [2.24, 2.45) is 0 Å². The number of nitrogens with one attached hydrogen (secondary N) is 1. The predicted molar refractivity (Wildman–Crippen MR) is 88.7 cm³/mol. The van der Waals surface area contributed by atoms with Crippen LogP contribution in [0.3, 0.4) is 0 Å². The van der Waals surface area contributed by atoms with Crippen molar-refractivity contribution in [1.29, 1.82) is 0 Å². The Morgan fingerprint density at radius 2 is 2.23 bits per heavy atom. The number of fused-ring (bicyclic) bond motifs is 5. The normalized spacial score (nSPS) is 23.2. The summed E-state index contributed by atoms with van der Waals surface area (Å²) in [4.78, 5) is 27.2. The fraction of sp³-hybridized carbons (Fsp3) is 0.353. The van der Waals surface area contributed by atoms with E-state index in [1.54, 1.807) is 13.1 Å². The van der Waals surface area contributed by atoms with Gasteiger partial charge in [0.05, 0.1) is 30.4 Å². The van der Waals surface area contributed by atoms with Crippen molar-refractivity contribution >= 4 is 29.2 Å². The number of likely N-dealkylation sites (N-methyl/N-ethyl adjacent to an activating group) is 1. The summed E-state index contributed by atoms with van der Waals surface area (Å²) in [7, 11) is 1.57. The minimum Gasteiger partial charge on any atom is -0.442 e. The van der Waals surface area contributed by atoms with E-state index in [0.717, 1.165) is 5.56 Å². The van der Waals surface area contributed by atoms with Crippen molar-refractivity contribution in [3.05, 3.63) is 35.3 Å². The van der Waals surface area contributed by atoms with Crippen LogP contribution in [0, 0.1) is 5.82 Å². The van der Waals surface area contributed by atoms with Gasteiger partial charge in [0.2, 0.25) is 5.91 Å². The third-order valence-electron chi connectivity index (χ3n) is 5.29. The molecule has 0 radical (unpaired) electrons. The van der Waals surface area contributed by atoms with Crippen molar-refractivity contribution in [3.8, 4) is 0 Å². The highest BCUT2D eigenvalue weighted by molar-refractivity contribution is 6.04. The molecule has 9 heteroatoms. The van der Waals surface area contributed by atoms with Gasteiger partial charge >= 0.3 is 6.09 Å². The maximum atomic E-state index is 14.6. The quantitative estimate of drug-likeness (QED) is 0.898. The Morgan fingerprint density at radius 3 is 3.00 bits per heavy atom. The summed E-state index contributed by atoms with van der Waals surface area (Å²) in [6.45, 7) is 0.358. The highest BCUT2D eigenvalue weighted by Crippen LogP contribution is 2.46. The van der Waals surface area contributed by atoms with Crippen LogP contribution in [-0.4, -0.2) is 42.9 Å². The molecule has 26 heavy (non-hydrogen) atoms. The Bertz CT molecular complexity index is 929. The van der Waals surface area contributed by atoms with Gasteiger partial charge in [-0.25, -0.2) is 9.18 Å². The van der Waals surface area contributed by atoms with Gasteiger partial charge in [-0.2, -0.15) is 0 Å². The lowest BCUT2D eigenvalue weighted by atomic mass is 9.98. The maximum Gasteiger partial charge on any atom is 0.415 e. The Labute approximate surface area is 147 Å². The molecule has 0 aliphatic carbocycles. The third kappa shape index (κ3) is 1.97. The number of cyclic esters (lactones) is 1. The molecule has 1 aromatic carbocycles. The zero-order valence-electron chi connectivity index (χ0n) is 13.9. The van der Waals surface area contributed by atoms with Gasteiger partial charge in [0, 0.05) is 19.2 Å². The molecule has 1 saturated heterocycles. The molecule has 3 aliphatic heterocycles. The molecule has 2 amide bonds. The largest absolute Gasteiger partial charge is 0.442 e. The van der Waals surface area contributed by atoms with Gasteiger partial charge in [-0.15, -0.1) is 0 Å². The molecule has 1 fully saturated rings. The first-order valence-electron chi connectivity index (χ1n) is 8.29. The number of nitrogens with zero attached hydrogens (tertiary/aromatic N) is 3. The number of hydrogen-bond donors (Lipinski definition) is 1. The number of anilines is 3. The van der Waals surface area contributed by atoms with Gasteiger partial charge in [-0.1, -0.05) is 5.16 Å². The molecule has 0 saturated carbocycles. The number of hydrogen-bond acceptors (Lipinski definition) is 6. The minimum absolute atomic E-state index is 0.147. The molecule has 0 bridgehead atoms. The topological polar surface area (TPSA) is 87.9 Å². The number of benzene rings is 1. The molecular weight excluding hydrogens is 343 g/mol. The van der Waals surface area contributed by atoms with Crippen molar-refractivity contribution in [2.75, 3.05) is 28.7 Å². The molecule has 5 rings (SSSR count). The van der Waals surface area contributed by atoms with E-state index >= 15 is 0 Å². The van der Waals surface area contributed by atoms with Crippen LogP contribution in [0.2, 0.25) is 0 Å². The van der Waals surface area contributed by atoms with Gasteiger partial charge in [-0.05, 0) is 17.5 Å². The number of carbonyl (C=O) groups excluding carboxylic acids is 2. The molecule has 3 aliphatic rings. The lowest BCUT2D eigenvalue weighted by Gasteiger charge is -2.17. The average molecular weight is 358 g/mol. The maximum absolute atomic E-state index is 14.6. The van der Waals surface area contributed by atoms with Crippen LogP contribution >= 0.6 is 0 Å². The summed E-state index contributed by atoms with van der Waals surface area (Å²) in [5.41, 5.74) is 2.36. The van der Waals surface area contributed by atoms with Crippen LogP contribution in [0.15, 0.2) is 22.9 Å². The summed E-state index contributed by atoms with van der Waals surface area (Å²) >= 11 is 0. The van der Waals surface area contributed by atoms with E-state index in [-0.39, 0.29) is 18.4 Å². The van der Waals surface area contributed by atoms with Crippen LogP contribution in [0.25, 0.3) is 0 Å². The van der Waals surface area contributed by atoms with Crippen LogP contribution in [0.1, 0.15) is 11.1 Å². The van der Waals surface area contributed by atoms with Crippen molar-refractivity contribution in [1.82, 2.24) is 5.16 Å². The molecule has 1 aromatic heterocycles. The minimum atomic E-state index is -0.502. The highest BCUT2D eigenvalue weighted by atomic mass is 19.1. The number of rotatable bonds is 3. The first-order valence-corrected chi connectivity index (χ1v) is 8.29. The smallest absolute Gasteiger partial charge is 0.415 e. The van der Waals surface area contributed by atoms with Crippen LogP contribution in [0.5, 0.6) is 0 Å². The Kier molecular flexibility index (Phi) is 3.03. The number of carbonyl (C=O) groups is 2. The Hall–Kier alpha value is -3.10. The summed E-state index contributed by atoms with van der Waals surface area (Å²) in [5, 5.41) is 6.82. The van der Waals surface area contributed by atoms with Gasteiger partial charge < -0.3 is 19.5 Å². The first kappa shape index (κ1) is 15.2. The predicted octanol–water partition coefficient (Wildman–Crippen LogP) is 1.69. The molecule has 2 aromatic rings. The summed E-state index contributed by atoms with van der Waals surface area (Å²) < 4.78 is 24.8. The molecule has 2 atom stereocenters. The summed E-state index contributed by atoms with van der Waals surface area (Å²) in [6, 6.07) is 2.75. The standard InChI is InChI=1S/C17H15FN4O4/c1-21-15(23)5-9-8-4-12-13(7-19-14-2-3-25-20-14)26-17(24)22(12)11(8)6-10(18)16(9)21/h2-3,6,12-13H,4-5,7H2,1H3,(H,19,20)/t12-,13-/m0/s1. The third-order valence-corrected chi connectivity index (χ3v) is 5.29. The second-order valence-corrected chi connectivity index (χ2v) is 6.64. The molecule has 1 N–H and O–H groups in total. The van der Waals surface area contributed by atoms with Gasteiger partial charge in [0.15, 0.2) is 5.82 Å². The molecule has 0 spiro atoms. The molecule has 134 valence electrons. The highest BCUT2D eigenvalue weighted by Gasteiger charge is 2.49. The monoisotopic (exact) mass is 358 g/mol. The van der Waals surface area contributed by atoms with E-state index in [0.29, 0.717) is 35.7 Å². The number of aromatic nitrogens is 1. The molecule has 4 heterocycles. The summed E-state index contributed by atoms with van der Waals surface area (Å²) in [5.74, 6) is -0.0925. The Balaban J connectivity index is 1.47. The van der Waals surface area contributed by atoms with E-state index in [2.05, 4.69) is 10.5 Å². The fourth-order valence-corrected chi connectivity index (χ4v) is 4.07. The van der Waals surface area contributed by atoms with E-state index < -0.39 is 18.0 Å². The molecule has 8 nitrogen and oxygen atoms in total. The van der Waals surface area contributed by atoms with E-state index in [1.165, 1.54) is 22.1 Å². The van der Waals surface area contributed by atoms with Crippen LogP contribution in [0.4, 0.5) is 26.4 Å². The van der Waals surface area contributed by atoms with E-state index in [9.17, 15) is 14.0 Å². The lowest BCUT2D eigenvalue weighted by molar-refractivity contribution is -0.117. The van der Waals surface area contributed by atoms with Gasteiger partial charge in [0.1, 0.15) is 18.2 Å². The zero-order valence-corrected chi connectivity index (χ0v) is 13.9. The number of halogens is 1. The average Bonchev–Trinajstić information content (AvgIpc) is 3.34. The number of ether oxygens (including phenoxy) is 1.